The highest BCUT2D eigenvalue weighted by Crippen LogP contribution is 2.20. The van der Waals surface area contributed by atoms with Gasteiger partial charge in [-0.25, -0.2) is 4.99 Å². The number of carbonyl (C=O) groups excluding carboxylic acids is 1. The molecular weight excluding hydrogens is 304 g/mol. The van der Waals surface area contributed by atoms with Gasteiger partial charge in [-0.2, -0.15) is 0 Å². The van der Waals surface area contributed by atoms with Crippen LogP contribution in [0.2, 0.25) is 0 Å². The summed E-state index contributed by atoms with van der Waals surface area (Å²) in [6.07, 6.45) is 5.28. The molecule has 7 nitrogen and oxygen atoms in total. The molecule has 0 bridgehead atoms. The Hall–Kier alpha value is -2.38. The van der Waals surface area contributed by atoms with Crippen LogP contribution in [0.3, 0.4) is 0 Å². The molecule has 7 heteroatoms. The van der Waals surface area contributed by atoms with Crippen molar-refractivity contribution in [3.05, 3.63) is 47.7 Å². The van der Waals surface area contributed by atoms with Crippen LogP contribution < -0.4 is 22.1 Å². The Morgan fingerprint density at radius 1 is 1.33 bits per heavy atom. The van der Waals surface area contributed by atoms with Crippen LogP contribution in [0, 0.1) is 0 Å². The fourth-order valence-electron chi connectivity index (χ4n) is 2.97. The number of piperidine rings is 1. The second-order valence-corrected chi connectivity index (χ2v) is 6.41. The predicted octanol–water partition coefficient (Wildman–Crippen LogP) is 0.0537. The smallest absolute Gasteiger partial charge is 0.251 e. The van der Waals surface area contributed by atoms with E-state index in [0.29, 0.717) is 11.4 Å². The maximum absolute atomic E-state index is 12.4. The number of hydrogen-bond donors (Lipinski definition) is 4. The number of rotatable bonds is 3. The highest BCUT2D eigenvalue weighted by molar-refractivity contribution is 5.94. The molecule has 0 aromatic heterocycles. The Balaban J connectivity index is 1.66. The summed E-state index contributed by atoms with van der Waals surface area (Å²) < 4.78 is 0. The third kappa shape index (κ3) is 3.58. The minimum absolute atomic E-state index is 0.0540. The van der Waals surface area contributed by atoms with E-state index in [4.69, 9.17) is 11.5 Å². The Bertz CT molecular complexity index is 660. The van der Waals surface area contributed by atoms with Crippen molar-refractivity contribution in [1.82, 2.24) is 15.5 Å². The first-order valence-electron chi connectivity index (χ1n) is 8.15. The topological polar surface area (TPSA) is 109 Å². The van der Waals surface area contributed by atoms with Gasteiger partial charge in [0.1, 0.15) is 5.84 Å². The van der Waals surface area contributed by atoms with Gasteiger partial charge in [0.2, 0.25) is 5.79 Å². The van der Waals surface area contributed by atoms with E-state index >= 15 is 0 Å². The zero-order valence-corrected chi connectivity index (χ0v) is 13.8. The average molecular weight is 328 g/mol. The standard InChI is InChI=1S/C17H24N6O/c1-23-10-7-14(8-11-23)21-16(24)12-2-4-13(5-3-12)17(19)20-9-6-15(18)22-17/h2-6,9,14,20H,7-8,10-11,19H2,1H3,(H2,18,22)(H,21,24). The van der Waals surface area contributed by atoms with Gasteiger partial charge in [0.25, 0.3) is 5.91 Å². The van der Waals surface area contributed by atoms with Crippen molar-refractivity contribution in [2.24, 2.45) is 16.5 Å². The van der Waals surface area contributed by atoms with Crippen LogP contribution >= 0.6 is 0 Å². The van der Waals surface area contributed by atoms with E-state index < -0.39 is 5.79 Å². The second kappa shape index (κ2) is 6.62. The van der Waals surface area contributed by atoms with Crippen molar-refractivity contribution >= 4 is 11.7 Å². The maximum Gasteiger partial charge on any atom is 0.251 e. The van der Waals surface area contributed by atoms with Gasteiger partial charge in [-0.15, -0.1) is 0 Å². The minimum Gasteiger partial charge on any atom is -0.384 e. The Kier molecular flexibility index (Phi) is 4.55. The van der Waals surface area contributed by atoms with E-state index in [2.05, 4.69) is 27.6 Å². The lowest BCUT2D eigenvalue weighted by Crippen LogP contribution is -2.49. The normalized spacial score (nSPS) is 25.0. The zero-order chi connectivity index (χ0) is 17.2. The number of likely N-dealkylation sites (tertiary alicyclic amines) is 1. The van der Waals surface area contributed by atoms with Gasteiger partial charge in [0.15, 0.2) is 0 Å². The van der Waals surface area contributed by atoms with Gasteiger partial charge in [0, 0.05) is 23.4 Å². The molecule has 0 radical (unpaired) electrons. The van der Waals surface area contributed by atoms with Gasteiger partial charge < -0.3 is 21.3 Å². The molecule has 0 saturated carbocycles. The van der Waals surface area contributed by atoms with Crippen molar-refractivity contribution < 1.29 is 4.79 Å². The summed E-state index contributed by atoms with van der Waals surface area (Å²) in [5.41, 5.74) is 13.3. The summed E-state index contributed by atoms with van der Waals surface area (Å²) in [5, 5.41) is 6.09. The predicted molar refractivity (Wildman–Crippen MR) is 94.2 cm³/mol. The van der Waals surface area contributed by atoms with Gasteiger partial charge in [0.05, 0.1) is 0 Å². The molecule has 2 aliphatic heterocycles. The van der Waals surface area contributed by atoms with Gasteiger partial charge >= 0.3 is 0 Å². The van der Waals surface area contributed by atoms with Crippen LogP contribution in [0.4, 0.5) is 0 Å². The molecule has 1 unspecified atom stereocenters. The zero-order valence-electron chi connectivity index (χ0n) is 13.8. The summed E-state index contributed by atoms with van der Waals surface area (Å²) in [7, 11) is 2.10. The molecule has 1 aromatic rings. The van der Waals surface area contributed by atoms with Crippen molar-refractivity contribution in [3.63, 3.8) is 0 Å². The van der Waals surface area contributed by atoms with E-state index in [-0.39, 0.29) is 11.9 Å². The summed E-state index contributed by atoms with van der Waals surface area (Å²) >= 11 is 0. The third-order valence-corrected chi connectivity index (χ3v) is 4.50. The molecule has 3 rings (SSSR count). The van der Waals surface area contributed by atoms with Gasteiger partial charge in [-0.1, -0.05) is 12.1 Å². The van der Waals surface area contributed by atoms with Crippen molar-refractivity contribution in [3.8, 4) is 0 Å². The number of carbonyl (C=O) groups is 1. The van der Waals surface area contributed by atoms with Gasteiger partial charge in [-0.05, 0) is 51.2 Å². The summed E-state index contributed by atoms with van der Waals surface area (Å²) in [4.78, 5) is 18.9. The van der Waals surface area contributed by atoms with E-state index in [0.717, 1.165) is 31.5 Å². The van der Waals surface area contributed by atoms with E-state index in [1.54, 1.807) is 36.5 Å². The van der Waals surface area contributed by atoms with E-state index in [1.807, 2.05) is 0 Å². The number of nitrogens with zero attached hydrogens (tertiary/aromatic N) is 2. The van der Waals surface area contributed by atoms with E-state index in [1.165, 1.54) is 0 Å². The molecule has 6 N–H and O–H groups in total. The number of benzene rings is 1. The Labute approximate surface area is 141 Å². The van der Waals surface area contributed by atoms with Crippen LogP contribution in [0.15, 0.2) is 41.5 Å². The molecule has 1 saturated heterocycles. The molecule has 1 amide bonds. The maximum atomic E-state index is 12.4. The SMILES string of the molecule is CN1CCC(NC(=O)c2ccc(C3(N)N=C(N)C=CN3)cc2)CC1. The molecule has 2 aliphatic rings. The lowest BCUT2D eigenvalue weighted by molar-refractivity contribution is 0.0917. The number of nitrogens with two attached hydrogens (primary N) is 2. The van der Waals surface area contributed by atoms with E-state index in [9.17, 15) is 4.79 Å². The highest BCUT2D eigenvalue weighted by atomic mass is 16.1. The molecule has 0 spiro atoms. The molecule has 128 valence electrons. The summed E-state index contributed by atoms with van der Waals surface area (Å²) in [5.74, 6) is -0.788. The Morgan fingerprint density at radius 3 is 2.62 bits per heavy atom. The van der Waals surface area contributed by atoms with Crippen molar-refractivity contribution in [2.45, 2.75) is 24.7 Å². The number of nitrogens with one attached hydrogen (secondary N) is 2. The molecular formula is C17H24N6O. The van der Waals surface area contributed by atoms with Crippen molar-refractivity contribution in [1.29, 1.82) is 0 Å². The molecule has 2 heterocycles. The quantitative estimate of drug-likeness (QED) is 0.627. The summed E-state index contributed by atoms with van der Waals surface area (Å²) in [6.45, 7) is 2.02. The number of amidine groups is 1. The largest absolute Gasteiger partial charge is 0.384 e. The lowest BCUT2D eigenvalue weighted by atomic mass is 10.0. The molecule has 0 aliphatic carbocycles. The van der Waals surface area contributed by atoms with Crippen LogP contribution in [-0.4, -0.2) is 42.8 Å². The Morgan fingerprint density at radius 2 is 2.00 bits per heavy atom. The molecule has 1 atom stereocenters. The fraction of sp³-hybridized carbons (Fsp3) is 0.412. The molecule has 1 aromatic carbocycles. The van der Waals surface area contributed by atoms with Gasteiger partial charge in [-0.3, -0.25) is 10.5 Å². The first-order valence-corrected chi connectivity index (χ1v) is 8.15. The van der Waals surface area contributed by atoms with Crippen LogP contribution in [-0.2, 0) is 5.79 Å². The fourth-order valence-corrected chi connectivity index (χ4v) is 2.97. The van der Waals surface area contributed by atoms with Crippen LogP contribution in [0.5, 0.6) is 0 Å². The number of amides is 1. The first-order chi connectivity index (χ1) is 11.5. The number of aliphatic imine (C=N–C) groups is 1. The lowest BCUT2D eigenvalue weighted by Gasteiger charge is -2.30. The number of hydrogen-bond acceptors (Lipinski definition) is 6. The molecule has 24 heavy (non-hydrogen) atoms. The third-order valence-electron chi connectivity index (χ3n) is 4.50. The minimum atomic E-state index is -1.10. The molecule has 1 fully saturated rings. The van der Waals surface area contributed by atoms with Crippen molar-refractivity contribution in [2.75, 3.05) is 20.1 Å². The van der Waals surface area contributed by atoms with Crippen LogP contribution in [0.25, 0.3) is 0 Å². The first kappa shape index (κ1) is 16.5. The average Bonchev–Trinajstić information content (AvgIpc) is 2.57. The second-order valence-electron chi connectivity index (χ2n) is 6.41. The monoisotopic (exact) mass is 328 g/mol. The van der Waals surface area contributed by atoms with Crippen LogP contribution in [0.1, 0.15) is 28.8 Å². The highest BCUT2D eigenvalue weighted by Gasteiger charge is 2.27. The summed E-state index contributed by atoms with van der Waals surface area (Å²) in [6, 6.07) is 7.36.